The Bertz CT molecular complexity index is 234. The number of aromatic nitrogens is 1. The largest absolute Gasteiger partial charge is 0.316 e. The van der Waals surface area contributed by atoms with Crippen LogP contribution < -0.4 is 5.32 Å². The molecule has 0 amide bonds. The average molecular weight is 240 g/mol. The number of hydrogen-bond acceptors (Lipinski definition) is 3. The van der Waals surface area contributed by atoms with Crippen LogP contribution in [-0.4, -0.2) is 18.1 Å². The molecular weight excluding hydrogens is 216 g/mol. The fourth-order valence-electron chi connectivity index (χ4n) is 1.73. The Kier molecular flexibility index (Phi) is 8.35. The number of rotatable bonds is 10. The SMILES string of the molecule is CCCCCCCCNCCc1cscn1. The molecule has 0 unspecified atom stereocenters. The Hall–Kier alpha value is -0.410. The zero-order valence-corrected chi connectivity index (χ0v) is 11.2. The van der Waals surface area contributed by atoms with Crippen molar-refractivity contribution in [2.75, 3.05) is 13.1 Å². The zero-order chi connectivity index (χ0) is 11.5. The van der Waals surface area contributed by atoms with E-state index in [-0.39, 0.29) is 0 Å². The van der Waals surface area contributed by atoms with Crippen LogP contribution >= 0.6 is 11.3 Å². The van der Waals surface area contributed by atoms with Crippen molar-refractivity contribution in [2.45, 2.75) is 51.9 Å². The third kappa shape index (κ3) is 6.96. The molecule has 16 heavy (non-hydrogen) atoms. The van der Waals surface area contributed by atoms with Crippen molar-refractivity contribution in [1.82, 2.24) is 10.3 Å². The minimum atomic E-state index is 1.07. The van der Waals surface area contributed by atoms with Gasteiger partial charge in [0, 0.05) is 18.3 Å². The summed E-state index contributed by atoms with van der Waals surface area (Å²) in [6.07, 6.45) is 9.32. The van der Waals surface area contributed by atoms with Crippen LogP contribution in [0, 0.1) is 0 Å². The summed E-state index contributed by atoms with van der Waals surface area (Å²) in [6, 6.07) is 0. The van der Waals surface area contributed by atoms with E-state index < -0.39 is 0 Å². The van der Waals surface area contributed by atoms with Gasteiger partial charge in [-0.2, -0.15) is 0 Å². The lowest BCUT2D eigenvalue weighted by atomic mass is 10.1. The number of unbranched alkanes of at least 4 members (excludes halogenated alkanes) is 5. The van der Waals surface area contributed by atoms with Crippen LogP contribution in [0.3, 0.4) is 0 Å². The maximum Gasteiger partial charge on any atom is 0.0794 e. The predicted molar refractivity (Wildman–Crippen MR) is 72.1 cm³/mol. The summed E-state index contributed by atoms with van der Waals surface area (Å²) in [6.45, 7) is 4.50. The van der Waals surface area contributed by atoms with Crippen LogP contribution in [0.25, 0.3) is 0 Å². The molecule has 0 bridgehead atoms. The number of nitrogens with zero attached hydrogens (tertiary/aromatic N) is 1. The normalized spacial score (nSPS) is 10.8. The van der Waals surface area contributed by atoms with Crippen LogP contribution in [0.4, 0.5) is 0 Å². The fraction of sp³-hybridized carbons (Fsp3) is 0.769. The van der Waals surface area contributed by atoms with Gasteiger partial charge in [0.25, 0.3) is 0 Å². The molecule has 1 heterocycles. The van der Waals surface area contributed by atoms with Gasteiger partial charge in [0.1, 0.15) is 0 Å². The number of thiazole rings is 1. The molecule has 0 spiro atoms. The number of hydrogen-bond donors (Lipinski definition) is 1. The summed E-state index contributed by atoms with van der Waals surface area (Å²) in [4.78, 5) is 4.26. The van der Waals surface area contributed by atoms with Gasteiger partial charge in [0.15, 0.2) is 0 Å². The monoisotopic (exact) mass is 240 g/mol. The maximum absolute atomic E-state index is 4.26. The molecule has 1 aromatic heterocycles. The Morgan fingerprint density at radius 2 is 1.94 bits per heavy atom. The summed E-state index contributed by atoms with van der Waals surface area (Å²) in [7, 11) is 0. The van der Waals surface area contributed by atoms with E-state index in [0.29, 0.717) is 0 Å². The third-order valence-corrected chi connectivity index (χ3v) is 3.38. The molecule has 0 aliphatic heterocycles. The molecule has 2 nitrogen and oxygen atoms in total. The highest BCUT2D eigenvalue weighted by Crippen LogP contribution is 2.04. The van der Waals surface area contributed by atoms with Crippen molar-refractivity contribution >= 4 is 11.3 Å². The molecule has 0 fully saturated rings. The molecule has 1 rings (SSSR count). The maximum atomic E-state index is 4.26. The van der Waals surface area contributed by atoms with E-state index in [1.807, 2.05) is 5.51 Å². The first-order valence-corrected chi connectivity index (χ1v) is 7.45. The van der Waals surface area contributed by atoms with Gasteiger partial charge in [-0.25, -0.2) is 4.98 Å². The smallest absolute Gasteiger partial charge is 0.0794 e. The lowest BCUT2D eigenvalue weighted by Gasteiger charge is -2.03. The van der Waals surface area contributed by atoms with Gasteiger partial charge in [-0.05, 0) is 13.0 Å². The third-order valence-electron chi connectivity index (χ3n) is 2.75. The molecular formula is C13H24N2S. The Morgan fingerprint density at radius 3 is 2.69 bits per heavy atom. The summed E-state index contributed by atoms with van der Waals surface area (Å²) < 4.78 is 0. The van der Waals surface area contributed by atoms with Crippen LogP contribution in [0.5, 0.6) is 0 Å². The summed E-state index contributed by atoms with van der Waals surface area (Å²) in [5, 5.41) is 5.61. The average Bonchev–Trinajstić information content (AvgIpc) is 2.80. The minimum absolute atomic E-state index is 1.07. The van der Waals surface area contributed by atoms with E-state index in [1.54, 1.807) is 11.3 Å². The topological polar surface area (TPSA) is 24.9 Å². The second kappa shape index (κ2) is 9.79. The van der Waals surface area contributed by atoms with E-state index in [2.05, 4.69) is 22.6 Å². The lowest BCUT2D eigenvalue weighted by molar-refractivity contribution is 0.572. The molecule has 0 aromatic carbocycles. The van der Waals surface area contributed by atoms with Gasteiger partial charge in [0.2, 0.25) is 0 Å². The van der Waals surface area contributed by atoms with Crippen molar-refractivity contribution < 1.29 is 0 Å². The Morgan fingerprint density at radius 1 is 1.12 bits per heavy atom. The van der Waals surface area contributed by atoms with Crippen LogP contribution in [-0.2, 0) is 6.42 Å². The highest BCUT2D eigenvalue weighted by atomic mass is 32.1. The van der Waals surface area contributed by atoms with E-state index in [9.17, 15) is 0 Å². The highest BCUT2D eigenvalue weighted by Gasteiger charge is 1.94. The van der Waals surface area contributed by atoms with E-state index >= 15 is 0 Å². The first kappa shape index (κ1) is 13.7. The minimum Gasteiger partial charge on any atom is -0.316 e. The van der Waals surface area contributed by atoms with Crippen LogP contribution in [0.1, 0.15) is 51.1 Å². The van der Waals surface area contributed by atoms with Crippen LogP contribution in [0.2, 0.25) is 0 Å². The molecule has 0 radical (unpaired) electrons. The van der Waals surface area contributed by atoms with E-state index in [0.717, 1.165) is 19.5 Å². The Labute approximate surface area is 103 Å². The summed E-state index contributed by atoms with van der Waals surface area (Å²) in [5.74, 6) is 0. The molecule has 3 heteroatoms. The molecule has 0 aliphatic carbocycles. The van der Waals surface area contributed by atoms with Gasteiger partial charge < -0.3 is 5.32 Å². The zero-order valence-electron chi connectivity index (χ0n) is 10.4. The standard InChI is InChI=1S/C13H24N2S/c1-2-3-4-5-6-7-9-14-10-8-13-11-16-12-15-13/h11-12,14H,2-10H2,1H3. The first-order valence-electron chi connectivity index (χ1n) is 6.51. The van der Waals surface area contributed by atoms with Crippen molar-refractivity contribution in [3.63, 3.8) is 0 Å². The molecule has 1 N–H and O–H groups in total. The van der Waals surface area contributed by atoms with Crippen molar-refractivity contribution in [1.29, 1.82) is 0 Å². The number of nitrogens with one attached hydrogen (secondary N) is 1. The lowest BCUT2D eigenvalue weighted by Crippen LogP contribution is -2.18. The quantitative estimate of drug-likeness (QED) is 0.632. The van der Waals surface area contributed by atoms with Gasteiger partial charge in [-0.3, -0.25) is 0 Å². The van der Waals surface area contributed by atoms with E-state index in [1.165, 1.54) is 44.2 Å². The van der Waals surface area contributed by atoms with Gasteiger partial charge in [0.05, 0.1) is 11.2 Å². The molecule has 0 saturated carbocycles. The second-order valence-electron chi connectivity index (χ2n) is 4.25. The van der Waals surface area contributed by atoms with Gasteiger partial charge >= 0.3 is 0 Å². The van der Waals surface area contributed by atoms with Crippen LogP contribution in [0.15, 0.2) is 10.9 Å². The van der Waals surface area contributed by atoms with Crippen molar-refractivity contribution in [3.05, 3.63) is 16.6 Å². The first-order chi connectivity index (χ1) is 7.93. The van der Waals surface area contributed by atoms with Crippen molar-refractivity contribution in [2.24, 2.45) is 0 Å². The fourth-order valence-corrected chi connectivity index (χ4v) is 2.33. The Balaban J connectivity index is 1.78. The molecule has 92 valence electrons. The van der Waals surface area contributed by atoms with Gasteiger partial charge in [-0.1, -0.05) is 39.0 Å². The van der Waals surface area contributed by atoms with E-state index in [4.69, 9.17) is 0 Å². The summed E-state index contributed by atoms with van der Waals surface area (Å²) in [5.41, 5.74) is 3.13. The van der Waals surface area contributed by atoms with Gasteiger partial charge in [-0.15, -0.1) is 11.3 Å². The molecule has 0 saturated heterocycles. The highest BCUT2D eigenvalue weighted by molar-refractivity contribution is 7.07. The molecule has 0 atom stereocenters. The van der Waals surface area contributed by atoms with Crippen molar-refractivity contribution in [3.8, 4) is 0 Å². The predicted octanol–water partition coefficient (Wildman–Crippen LogP) is 3.64. The molecule has 0 aliphatic rings. The molecule has 1 aromatic rings. The summed E-state index contributed by atoms with van der Waals surface area (Å²) >= 11 is 1.68. The second-order valence-corrected chi connectivity index (χ2v) is 4.97.